The van der Waals surface area contributed by atoms with Gasteiger partial charge in [0.15, 0.2) is 0 Å². The number of hydrogen-bond donors (Lipinski definition) is 1. The lowest BCUT2D eigenvalue weighted by Crippen LogP contribution is -2.33. The number of ketones is 1. The maximum absolute atomic E-state index is 11.6. The predicted molar refractivity (Wildman–Crippen MR) is 47.8 cm³/mol. The molecule has 4 atom stereocenters. The highest BCUT2D eigenvalue weighted by Gasteiger charge is 2.57. The predicted octanol–water partition coefficient (Wildman–Crippen LogP) is -0.139. The summed E-state index contributed by atoms with van der Waals surface area (Å²) in [5.74, 6) is -4.99. The molecule has 1 N–H and O–H groups in total. The second-order valence-corrected chi connectivity index (χ2v) is 3.75. The summed E-state index contributed by atoms with van der Waals surface area (Å²) < 4.78 is 4.53. The minimum absolute atomic E-state index is 0.183. The van der Waals surface area contributed by atoms with Gasteiger partial charge < -0.3 is 9.84 Å². The Kier molecular flexibility index (Phi) is 2.10. The molecule has 0 aromatic heterocycles. The van der Waals surface area contributed by atoms with Crippen LogP contribution in [0.2, 0.25) is 0 Å². The third-order valence-electron chi connectivity index (χ3n) is 3.10. The van der Waals surface area contributed by atoms with Crippen LogP contribution in [0.25, 0.3) is 0 Å². The Morgan fingerprint density at radius 3 is 2.27 bits per heavy atom. The van der Waals surface area contributed by atoms with E-state index in [1.54, 1.807) is 12.2 Å². The second-order valence-electron chi connectivity index (χ2n) is 3.75. The van der Waals surface area contributed by atoms with E-state index in [-0.39, 0.29) is 5.78 Å². The summed E-state index contributed by atoms with van der Waals surface area (Å²) in [5.41, 5.74) is 0. The van der Waals surface area contributed by atoms with Gasteiger partial charge in [-0.2, -0.15) is 0 Å². The number of ether oxygens (including phenoxy) is 1. The van der Waals surface area contributed by atoms with E-state index >= 15 is 0 Å². The van der Waals surface area contributed by atoms with Gasteiger partial charge in [-0.05, 0) is 0 Å². The number of esters is 1. The van der Waals surface area contributed by atoms with Crippen molar-refractivity contribution in [2.24, 2.45) is 23.7 Å². The van der Waals surface area contributed by atoms with Crippen LogP contribution < -0.4 is 0 Å². The number of hydrogen-bond acceptors (Lipinski definition) is 4. The Bertz CT molecular complexity index is 370. The molecule has 0 amide bonds. The zero-order chi connectivity index (χ0) is 11.2. The van der Waals surface area contributed by atoms with Gasteiger partial charge in [-0.1, -0.05) is 12.2 Å². The lowest BCUT2D eigenvalue weighted by atomic mass is 9.83. The summed E-state index contributed by atoms with van der Waals surface area (Å²) in [4.78, 5) is 33.9. The number of carboxylic acid groups (broad SMARTS) is 1. The van der Waals surface area contributed by atoms with Gasteiger partial charge in [0.25, 0.3) is 0 Å². The number of carbonyl (C=O) groups excluding carboxylic acids is 2. The zero-order valence-corrected chi connectivity index (χ0v) is 8.04. The molecule has 0 saturated heterocycles. The van der Waals surface area contributed by atoms with Crippen molar-refractivity contribution >= 4 is 17.7 Å². The summed E-state index contributed by atoms with van der Waals surface area (Å²) in [7, 11) is 1.20. The smallest absolute Gasteiger partial charge is 0.310 e. The first kappa shape index (κ1) is 9.89. The highest BCUT2D eigenvalue weighted by molar-refractivity contribution is 6.02. The van der Waals surface area contributed by atoms with E-state index < -0.39 is 35.6 Å². The van der Waals surface area contributed by atoms with Crippen molar-refractivity contribution in [3.05, 3.63) is 12.2 Å². The minimum Gasteiger partial charge on any atom is -0.481 e. The molecular weight excluding hydrogens is 200 g/mol. The first-order valence-electron chi connectivity index (χ1n) is 4.60. The fourth-order valence-corrected chi connectivity index (χ4v) is 2.43. The van der Waals surface area contributed by atoms with Crippen molar-refractivity contribution in [3.8, 4) is 0 Å². The SMILES string of the molecule is COC(=O)[C@H]1C2C=CC(C2=O)[C@H]1C(=O)O. The molecular formula is C10H10O5. The summed E-state index contributed by atoms with van der Waals surface area (Å²) in [6.45, 7) is 0. The zero-order valence-electron chi connectivity index (χ0n) is 8.04. The molecule has 2 aliphatic carbocycles. The van der Waals surface area contributed by atoms with Gasteiger partial charge in [-0.15, -0.1) is 0 Å². The number of fused-ring (bicyclic) bond motifs is 2. The topological polar surface area (TPSA) is 80.7 Å². The van der Waals surface area contributed by atoms with E-state index in [9.17, 15) is 14.4 Å². The van der Waals surface area contributed by atoms with Crippen molar-refractivity contribution in [1.82, 2.24) is 0 Å². The van der Waals surface area contributed by atoms with Crippen LogP contribution in [0.1, 0.15) is 0 Å². The summed E-state index contributed by atoms with van der Waals surface area (Å²) in [5, 5.41) is 8.97. The lowest BCUT2D eigenvalue weighted by Gasteiger charge is -2.20. The van der Waals surface area contributed by atoms with E-state index in [4.69, 9.17) is 5.11 Å². The van der Waals surface area contributed by atoms with Gasteiger partial charge in [-0.3, -0.25) is 14.4 Å². The van der Waals surface area contributed by atoms with E-state index in [0.29, 0.717) is 0 Å². The molecule has 2 rings (SSSR count). The van der Waals surface area contributed by atoms with Crippen LogP contribution in [0.4, 0.5) is 0 Å². The maximum atomic E-state index is 11.6. The lowest BCUT2D eigenvalue weighted by molar-refractivity contribution is -0.156. The number of methoxy groups -OCH3 is 1. The molecule has 2 unspecified atom stereocenters. The van der Waals surface area contributed by atoms with Gasteiger partial charge in [0.05, 0.1) is 30.8 Å². The molecule has 0 heterocycles. The highest BCUT2D eigenvalue weighted by Crippen LogP contribution is 2.45. The number of rotatable bonds is 2. The molecule has 0 radical (unpaired) electrons. The Labute approximate surface area is 85.7 Å². The standard InChI is InChI=1S/C10H10O5/c1-15-10(14)7-5-3-2-4(8(5)11)6(7)9(12)13/h2-7H,1H3,(H,12,13)/t4?,5?,6-,7+/m1/s1. The normalized spacial score (nSPS) is 37.0. The quantitative estimate of drug-likeness (QED) is 0.507. The third-order valence-corrected chi connectivity index (χ3v) is 3.10. The average molecular weight is 210 g/mol. The largest absolute Gasteiger partial charge is 0.481 e. The van der Waals surface area contributed by atoms with Gasteiger partial charge in [0, 0.05) is 0 Å². The Morgan fingerprint density at radius 2 is 1.80 bits per heavy atom. The number of allylic oxidation sites excluding steroid dienone is 2. The van der Waals surface area contributed by atoms with Crippen molar-refractivity contribution in [1.29, 1.82) is 0 Å². The molecule has 5 nitrogen and oxygen atoms in total. The Morgan fingerprint density at radius 1 is 1.27 bits per heavy atom. The Balaban J connectivity index is 2.37. The van der Waals surface area contributed by atoms with E-state index in [1.165, 1.54) is 7.11 Å². The van der Waals surface area contributed by atoms with E-state index in [0.717, 1.165) is 0 Å². The maximum Gasteiger partial charge on any atom is 0.310 e. The molecule has 0 aromatic rings. The number of carbonyl (C=O) groups is 3. The van der Waals surface area contributed by atoms with Gasteiger partial charge in [-0.25, -0.2) is 0 Å². The average Bonchev–Trinajstić information content (AvgIpc) is 2.70. The van der Waals surface area contributed by atoms with Crippen LogP contribution >= 0.6 is 0 Å². The first-order valence-corrected chi connectivity index (χ1v) is 4.60. The monoisotopic (exact) mass is 210 g/mol. The second kappa shape index (κ2) is 3.18. The van der Waals surface area contributed by atoms with Crippen LogP contribution in [0.15, 0.2) is 12.2 Å². The molecule has 1 saturated carbocycles. The van der Waals surface area contributed by atoms with Crippen molar-refractivity contribution in [2.75, 3.05) is 7.11 Å². The number of aliphatic carboxylic acids is 1. The fraction of sp³-hybridized carbons (Fsp3) is 0.500. The Hall–Kier alpha value is -1.65. The van der Waals surface area contributed by atoms with Crippen LogP contribution in [0.3, 0.4) is 0 Å². The van der Waals surface area contributed by atoms with Crippen molar-refractivity contribution in [3.63, 3.8) is 0 Å². The summed E-state index contributed by atoms with van der Waals surface area (Å²) >= 11 is 0. The minimum atomic E-state index is -1.12. The third kappa shape index (κ3) is 1.19. The van der Waals surface area contributed by atoms with Crippen LogP contribution in [0, 0.1) is 23.7 Å². The van der Waals surface area contributed by atoms with E-state index in [1.807, 2.05) is 0 Å². The molecule has 0 aliphatic heterocycles. The molecule has 2 bridgehead atoms. The molecule has 80 valence electrons. The van der Waals surface area contributed by atoms with Crippen LogP contribution in [0.5, 0.6) is 0 Å². The van der Waals surface area contributed by atoms with Crippen LogP contribution in [-0.2, 0) is 19.1 Å². The molecule has 0 spiro atoms. The van der Waals surface area contributed by atoms with Crippen molar-refractivity contribution < 1.29 is 24.2 Å². The molecule has 1 fully saturated rings. The first-order chi connectivity index (χ1) is 7.07. The summed E-state index contributed by atoms with van der Waals surface area (Å²) in [6, 6.07) is 0. The molecule has 0 aromatic carbocycles. The summed E-state index contributed by atoms with van der Waals surface area (Å²) in [6.07, 6.45) is 3.18. The molecule has 5 heteroatoms. The molecule has 15 heavy (non-hydrogen) atoms. The van der Waals surface area contributed by atoms with Gasteiger partial charge >= 0.3 is 11.9 Å². The van der Waals surface area contributed by atoms with Crippen LogP contribution in [-0.4, -0.2) is 29.9 Å². The van der Waals surface area contributed by atoms with Crippen molar-refractivity contribution in [2.45, 2.75) is 0 Å². The fourth-order valence-electron chi connectivity index (χ4n) is 2.43. The molecule has 2 aliphatic rings. The van der Waals surface area contributed by atoms with Gasteiger partial charge in [0.1, 0.15) is 5.78 Å². The highest BCUT2D eigenvalue weighted by atomic mass is 16.5. The van der Waals surface area contributed by atoms with Gasteiger partial charge in [0.2, 0.25) is 0 Å². The number of Topliss-reactive ketones (excluding diaryl/α,β-unsaturated/α-hetero) is 1. The number of carboxylic acids is 1. The van der Waals surface area contributed by atoms with E-state index in [2.05, 4.69) is 4.74 Å².